The van der Waals surface area contributed by atoms with Gasteiger partial charge in [0.2, 0.25) is 21.8 Å². The Morgan fingerprint density at radius 2 is 1.72 bits per heavy atom. The Hall–Kier alpha value is -2.20. The Balaban J connectivity index is 2.26. The van der Waals surface area contributed by atoms with Crippen LogP contribution in [0.1, 0.15) is 31.7 Å². The van der Waals surface area contributed by atoms with E-state index in [0.717, 1.165) is 6.26 Å². The molecule has 1 N–H and O–H groups in total. The number of benzene rings is 2. The van der Waals surface area contributed by atoms with Gasteiger partial charge in [-0.2, -0.15) is 0 Å². The summed E-state index contributed by atoms with van der Waals surface area (Å²) in [5.41, 5.74) is 0.884. The highest BCUT2D eigenvalue weighted by Crippen LogP contribution is 2.31. The van der Waals surface area contributed by atoms with Gasteiger partial charge >= 0.3 is 0 Å². The Kier molecular flexibility index (Phi) is 11.2. The predicted octanol–water partition coefficient (Wildman–Crippen LogP) is 4.76. The third kappa shape index (κ3) is 7.65. The zero-order valence-corrected chi connectivity index (χ0v) is 23.6. The van der Waals surface area contributed by atoms with Crippen LogP contribution in [0.15, 0.2) is 36.4 Å². The molecule has 12 heteroatoms. The molecule has 0 aliphatic heterocycles. The molecule has 0 saturated carbocycles. The van der Waals surface area contributed by atoms with Crippen molar-refractivity contribution in [1.29, 1.82) is 0 Å². The number of hydrogen-bond donors (Lipinski definition) is 1. The molecular weight excluding hydrogens is 549 g/mol. The summed E-state index contributed by atoms with van der Waals surface area (Å²) >= 11 is 18.8. The van der Waals surface area contributed by atoms with Crippen molar-refractivity contribution in [2.24, 2.45) is 0 Å². The first kappa shape index (κ1) is 30.0. The fraction of sp³-hybridized carbons (Fsp3) is 0.417. The zero-order chi connectivity index (χ0) is 27.0. The number of nitrogens with one attached hydrogen (secondary N) is 1. The summed E-state index contributed by atoms with van der Waals surface area (Å²) in [6, 6.07) is 8.92. The number of likely N-dealkylation sites (N-methyl/N-ethyl adjacent to an activating group) is 1. The van der Waals surface area contributed by atoms with E-state index in [1.165, 1.54) is 29.4 Å². The number of methoxy groups -OCH3 is 1. The molecule has 0 fully saturated rings. The molecule has 8 nitrogen and oxygen atoms in total. The van der Waals surface area contributed by atoms with E-state index in [2.05, 4.69) is 5.32 Å². The first-order chi connectivity index (χ1) is 16.9. The van der Waals surface area contributed by atoms with Crippen molar-refractivity contribution in [2.75, 3.05) is 31.3 Å². The zero-order valence-electron chi connectivity index (χ0n) is 20.6. The number of ether oxygens (including phenoxy) is 1. The minimum atomic E-state index is -3.66. The molecule has 0 aliphatic rings. The second kappa shape index (κ2) is 13.4. The fourth-order valence-corrected chi connectivity index (χ4v) is 5.48. The van der Waals surface area contributed by atoms with Crippen molar-refractivity contribution in [2.45, 2.75) is 38.8 Å². The topological polar surface area (TPSA) is 96.0 Å². The predicted molar refractivity (Wildman–Crippen MR) is 145 cm³/mol. The number of sulfonamides is 1. The van der Waals surface area contributed by atoms with Crippen LogP contribution in [-0.4, -0.2) is 58.1 Å². The summed E-state index contributed by atoms with van der Waals surface area (Å²) in [7, 11) is -0.698. The van der Waals surface area contributed by atoms with E-state index in [1.54, 1.807) is 37.3 Å². The highest BCUT2D eigenvalue weighted by Gasteiger charge is 2.29. The Bertz CT molecular complexity index is 1170. The summed E-state index contributed by atoms with van der Waals surface area (Å²) in [6.07, 6.45) is 1.64. The van der Waals surface area contributed by atoms with E-state index in [9.17, 15) is 18.0 Å². The lowest BCUT2D eigenvalue weighted by atomic mass is 10.1. The van der Waals surface area contributed by atoms with Gasteiger partial charge < -0.3 is 15.0 Å². The van der Waals surface area contributed by atoms with Gasteiger partial charge in [0, 0.05) is 42.2 Å². The van der Waals surface area contributed by atoms with Crippen LogP contribution in [0.3, 0.4) is 0 Å². The minimum Gasteiger partial charge on any atom is -0.495 e. The average molecular weight is 579 g/mol. The lowest BCUT2D eigenvalue weighted by Crippen LogP contribution is -2.48. The SMILES string of the molecule is CC[C@@H](C(=O)NC)N(Cc1c(Cl)cccc1Cl)C(=O)CCCN(c1ccc(OC)c(Cl)c1)S(C)(=O)=O. The summed E-state index contributed by atoms with van der Waals surface area (Å²) in [4.78, 5) is 27.3. The van der Waals surface area contributed by atoms with Crippen molar-refractivity contribution in [1.82, 2.24) is 10.2 Å². The van der Waals surface area contributed by atoms with Crippen LogP contribution in [0, 0.1) is 0 Å². The van der Waals surface area contributed by atoms with Crippen molar-refractivity contribution >= 4 is 62.3 Å². The molecule has 0 bridgehead atoms. The van der Waals surface area contributed by atoms with Crippen molar-refractivity contribution in [3.8, 4) is 5.75 Å². The van der Waals surface area contributed by atoms with Crippen LogP contribution in [0.2, 0.25) is 15.1 Å². The molecule has 0 heterocycles. The maximum atomic E-state index is 13.4. The number of carbonyl (C=O) groups is 2. The van der Waals surface area contributed by atoms with Gasteiger partial charge in [-0.1, -0.05) is 47.8 Å². The van der Waals surface area contributed by atoms with E-state index < -0.39 is 16.1 Å². The average Bonchev–Trinajstić information content (AvgIpc) is 2.82. The summed E-state index contributed by atoms with van der Waals surface area (Å²) in [5, 5.41) is 3.61. The van der Waals surface area contributed by atoms with Gasteiger partial charge in [-0.3, -0.25) is 13.9 Å². The molecule has 0 spiro atoms. The van der Waals surface area contributed by atoms with Gasteiger partial charge in [0.1, 0.15) is 11.8 Å². The molecule has 0 aromatic heterocycles. The highest BCUT2D eigenvalue weighted by atomic mass is 35.5. The lowest BCUT2D eigenvalue weighted by Gasteiger charge is -2.31. The molecule has 2 amide bonds. The number of nitrogens with zero attached hydrogens (tertiary/aromatic N) is 2. The molecule has 1 atom stereocenters. The van der Waals surface area contributed by atoms with Crippen LogP contribution < -0.4 is 14.4 Å². The quantitative estimate of drug-likeness (QED) is 0.392. The number of amides is 2. The number of hydrogen-bond acceptors (Lipinski definition) is 5. The first-order valence-corrected chi connectivity index (χ1v) is 14.2. The van der Waals surface area contributed by atoms with E-state index in [4.69, 9.17) is 39.5 Å². The summed E-state index contributed by atoms with van der Waals surface area (Å²) in [6.45, 7) is 1.87. The van der Waals surface area contributed by atoms with Gasteiger partial charge in [0.25, 0.3) is 0 Å². The smallest absolute Gasteiger partial charge is 0.242 e. The van der Waals surface area contributed by atoms with E-state index in [-0.39, 0.29) is 42.8 Å². The number of rotatable bonds is 12. The van der Waals surface area contributed by atoms with Crippen molar-refractivity contribution < 1.29 is 22.7 Å². The minimum absolute atomic E-state index is 0.00846. The van der Waals surface area contributed by atoms with E-state index in [0.29, 0.717) is 33.5 Å². The van der Waals surface area contributed by atoms with E-state index in [1.807, 2.05) is 0 Å². The molecule has 0 aliphatic carbocycles. The second-order valence-corrected chi connectivity index (χ2v) is 11.1. The van der Waals surface area contributed by atoms with Crippen molar-refractivity contribution in [3.05, 3.63) is 57.0 Å². The summed E-state index contributed by atoms with van der Waals surface area (Å²) < 4.78 is 31.3. The van der Waals surface area contributed by atoms with Crippen LogP contribution in [-0.2, 0) is 26.2 Å². The van der Waals surface area contributed by atoms with Crippen LogP contribution in [0.5, 0.6) is 5.75 Å². The fourth-order valence-electron chi connectivity index (χ4n) is 3.75. The number of carbonyl (C=O) groups excluding carboxylic acids is 2. The first-order valence-electron chi connectivity index (χ1n) is 11.2. The third-order valence-electron chi connectivity index (χ3n) is 5.60. The Morgan fingerprint density at radius 3 is 2.22 bits per heavy atom. The maximum Gasteiger partial charge on any atom is 0.242 e. The van der Waals surface area contributed by atoms with Crippen LogP contribution in [0.25, 0.3) is 0 Å². The molecule has 36 heavy (non-hydrogen) atoms. The molecule has 0 unspecified atom stereocenters. The summed E-state index contributed by atoms with van der Waals surface area (Å²) in [5.74, 6) is -0.236. The van der Waals surface area contributed by atoms with Gasteiger partial charge in [0.05, 0.1) is 24.1 Å². The third-order valence-corrected chi connectivity index (χ3v) is 7.80. The van der Waals surface area contributed by atoms with Gasteiger partial charge in [-0.05, 0) is 43.2 Å². The largest absolute Gasteiger partial charge is 0.495 e. The molecule has 0 saturated heterocycles. The maximum absolute atomic E-state index is 13.4. The molecular formula is C24H30Cl3N3O5S. The number of anilines is 1. The van der Waals surface area contributed by atoms with E-state index >= 15 is 0 Å². The standard InChI is InChI=1S/C24H30Cl3N3O5S/c1-5-21(24(32)28-2)29(15-17-18(25)8-6-9-19(17)26)23(31)10-7-13-30(36(4,33)34)16-11-12-22(35-3)20(27)14-16/h6,8-9,11-12,14,21H,5,7,10,13,15H2,1-4H3,(H,28,32)/t21-/m0/s1. The van der Waals surface area contributed by atoms with Gasteiger partial charge in [-0.15, -0.1) is 0 Å². The highest BCUT2D eigenvalue weighted by molar-refractivity contribution is 7.92. The second-order valence-electron chi connectivity index (χ2n) is 8.02. The van der Waals surface area contributed by atoms with Crippen molar-refractivity contribution in [3.63, 3.8) is 0 Å². The Morgan fingerprint density at radius 1 is 1.08 bits per heavy atom. The van der Waals surface area contributed by atoms with Gasteiger partial charge in [-0.25, -0.2) is 8.42 Å². The number of halogens is 3. The Labute approximate surface area is 227 Å². The molecule has 2 rings (SSSR count). The molecule has 0 radical (unpaired) electrons. The van der Waals surface area contributed by atoms with Crippen LogP contribution >= 0.6 is 34.8 Å². The normalized spacial score (nSPS) is 12.1. The molecule has 198 valence electrons. The molecule has 2 aromatic rings. The van der Waals surface area contributed by atoms with Crippen LogP contribution in [0.4, 0.5) is 5.69 Å². The monoisotopic (exact) mass is 577 g/mol. The lowest BCUT2D eigenvalue weighted by molar-refractivity contribution is -0.141. The molecule has 2 aromatic carbocycles. The van der Waals surface area contributed by atoms with Gasteiger partial charge in [0.15, 0.2) is 0 Å².